The number of hydrogen-bond acceptors (Lipinski definition) is 5. The number of primary amides is 1. The molecule has 0 fully saturated rings. The zero-order chi connectivity index (χ0) is 19.8. The number of fused-ring (bicyclic) bond motifs is 1. The Bertz CT molecular complexity index is 1220. The van der Waals surface area contributed by atoms with Gasteiger partial charge in [0.2, 0.25) is 5.91 Å². The van der Waals surface area contributed by atoms with Crippen LogP contribution in [0.15, 0.2) is 36.8 Å². The minimum absolute atomic E-state index is 0.318. The van der Waals surface area contributed by atoms with Crippen LogP contribution in [0.4, 0.5) is 5.69 Å². The molecule has 0 saturated heterocycles. The number of aromatic nitrogens is 5. The van der Waals surface area contributed by atoms with E-state index in [1.54, 1.807) is 24.5 Å². The van der Waals surface area contributed by atoms with E-state index in [4.69, 9.17) is 5.73 Å². The Kier molecular flexibility index (Phi) is 4.11. The highest BCUT2D eigenvalue weighted by Crippen LogP contribution is 2.27. The molecule has 0 unspecified atom stereocenters. The summed E-state index contributed by atoms with van der Waals surface area (Å²) in [5, 5.41) is 10.4. The van der Waals surface area contributed by atoms with Gasteiger partial charge in [0.1, 0.15) is 5.65 Å². The van der Waals surface area contributed by atoms with Gasteiger partial charge in [0, 0.05) is 34.6 Å². The molecule has 4 aromatic rings. The van der Waals surface area contributed by atoms with E-state index in [1.165, 1.54) is 6.20 Å². The van der Waals surface area contributed by atoms with E-state index in [-0.39, 0.29) is 5.91 Å². The Hall–Kier alpha value is -4.01. The molecule has 4 heterocycles. The van der Waals surface area contributed by atoms with E-state index in [0.29, 0.717) is 33.8 Å². The van der Waals surface area contributed by atoms with Gasteiger partial charge in [-0.2, -0.15) is 5.10 Å². The van der Waals surface area contributed by atoms with Crippen LogP contribution >= 0.6 is 0 Å². The summed E-state index contributed by atoms with van der Waals surface area (Å²) >= 11 is 0. The summed E-state index contributed by atoms with van der Waals surface area (Å²) in [4.78, 5) is 35.6. The number of anilines is 1. The van der Waals surface area contributed by atoms with E-state index < -0.39 is 5.91 Å². The number of amides is 2. The van der Waals surface area contributed by atoms with Crippen molar-refractivity contribution in [3.8, 4) is 11.3 Å². The monoisotopic (exact) mass is 375 g/mol. The van der Waals surface area contributed by atoms with E-state index in [9.17, 15) is 9.59 Å². The molecule has 0 spiro atoms. The van der Waals surface area contributed by atoms with Gasteiger partial charge >= 0.3 is 0 Å². The van der Waals surface area contributed by atoms with Crippen LogP contribution in [0, 0.1) is 13.8 Å². The van der Waals surface area contributed by atoms with Crippen LogP contribution in [0.2, 0.25) is 0 Å². The lowest BCUT2D eigenvalue weighted by atomic mass is 10.1. The second-order valence-electron chi connectivity index (χ2n) is 6.41. The van der Waals surface area contributed by atoms with Crippen molar-refractivity contribution in [3.05, 3.63) is 59.3 Å². The second-order valence-corrected chi connectivity index (χ2v) is 6.41. The summed E-state index contributed by atoms with van der Waals surface area (Å²) in [6.07, 6.45) is 4.63. The highest BCUT2D eigenvalue weighted by atomic mass is 16.2. The molecule has 5 N–H and O–H groups in total. The second kappa shape index (κ2) is 6.62. The van der Waals surface area contributed by atoms with Crippen LogP contribution in [0.25, 0.3) is 22.3 Å². The summed E-state index contributed by atoms with van der Waals surface area (Å²) in [6.45, 7) is 3.69. The van der Waals surface area contributed by atoms with E-state index in [1.807, 2.05) is 19.9 Å². The Morgan fingerprint density at radius 1 is 1.18 bits per heavy atom. The third-order valence-corrected chi connectivity index (χ3v) is 4.57. The number of nitrogens with one attached hydrogen (secondary N) is 3. The van der Waals surface area contributed by atoms with Gasteiger partial charge in [-0.25, -0.2) is 4.98 Å². The molecular formula is C19H17N7O2. The molecule has 140 valence electrons. The molecule has 4 rings (SSSR count). The number of rotatable bonds is 4. The number of hydrogen-bond donors (Lipinski definition) is 4. The first-order chi connectivity index (χ1) is 13.4. The molecule has 4 aromatic heterocycles. The molecule has 0 radical (unpaired) electrons. The molecule has 0 aliphatic rings. The molecule has 0 aromatic carbocycles. The summed E-state index contributed by atoms with van der Waals surface area (Å²) in [5.41, 5.74) is 10.2. The molecule has 9 heteroatoms. The quantitative estimate of drug-likeness (QED) is 0.433. The van der Waals surface area contributed by atoms with Crippen LogP contribution in [0.5, 0.6) is 0 Å². The first-order valence-electron chi connectivity index (χ1n) is 8.50. The number of aryl methyl sites for hydroxylation is 1. The smallest absolute Gasteiger partial charge is 0.276 e. The van der Waals surface area contributed by atoms with Crippen molar-refractivity contribution < 1.29 is 9.59 Å². The maximum atomic E-state index is 12.4. The topological polar surface area (TPSA) is 142 Å². The van der Waals surface area contributed by atoms with Gasteiger partial charge in [-0.1, -0.05) is 0 Å². The van der Waals surface area contributed by atoms with Crippen LogP contribution in [-0.2, 0) is 0 Å². The van der Waals surface area contributed by atoms with Crippen molar-refractivity contribution in [3.63, 3.8) is 0 Å². The largest absolute Gasteiger partial charge is 0.366 e. The Labute approximate surface area is 159 Å². The summed E-state index contributed by atoms with van der Waals surface area (Å²) < 4.78 is 0. The van der Waals surface area contributed by atoms with Crippen LogP contribution in [-0.4, -0.2) is 37.0 Å². The lowest BCUT2D eigenvalue weighted by Gasteiger charge is -2.03. The molecule has 9 nitrogen and oxygen atoms in total. The van der Waals surface area contributed by atoms with Crippen molar-refractivity contribution >= 4 is 28.5 Å². The van der Waals surface area contributed by atoms with Gasteiger partial charge < -0.3 is 16.0 Å². The number of carbonyl (C=O) groups excluding carboxylic acids is 2. The molecule has 0 aliphatic heterocycles. The number of nitrogens with two attached hydrogens (primary N) is 1. The average molecular weight is 375 g/mol. The fourth-order valence-electron chi connectivity index (χ4n) is 2.95. The van der Waals surface area contributed by atoms with Crippen LogP contribution < -0.4 is 11.1 Å². The van der Waals surface area contributed by atoms with Gasteiger partial charge in [-0.05, 0) is 32.0 Å². The van der Waals surface area contributed by atoms with Crippen LogP contribution in [0.3, 0.4) is 0 Å². The third-order valence-electron chi connectivity index (χ3n) is 4.57. The molecule has 28 heavy (non-hydrogen) atoms. The standard InChI is InChI=1S/C19H17N7O2/c1-9-10(2)25-26-16(9)19(28)23-12-5-11-6-15(24-18(11)22-7-12)14-8-21-4-3-13(14)17(20)27/h3-8H,1-2H3,(H2,20,27)(H,22,24)(H,23,28)(H,25,26). The number of aromatic amines is 2. The van der Waals surface area contributed by atoms with Gasteiger partial charge in [0.15, 0.2) is 5.69 Å². The molecule has 2 amide bonds. The first-order valence-corrected chi connectivity index (χ1v) is 8.50. The third kappa shape index (κ3) is 2.98. The fourth-order valence-corrected chi connectivity index (χ4v) is 2.95. The predicted octanol–water partition coefficient (Wildman–Crippen LogP) is 2.32. The summed E-state index contributed by atoms with van der Waals surface area (Å²) in [6, 6.07) is 5.18. The highest BCUT2D eigenvalue weighted by molar-refractivity contribution is 6.05. The van der Waals surface area contributed by atoms with Crippen molar-refractivity contribution in [2.45, 2.75) is 13.8 Å². The maximum Gasteiger partial charge on any atom is 0.276 e. The lowest BCUT2D eigenvalue weighted by molar-refractivity contribution is 0.0997. The normalized spacial score (nSPS) is 10.9. The zero-order valence-electron chi connectivity index (χ0n) is 15.2. The predicted molar refractivity (Wildman–Crippen MR) is 104 cm³/mol. The first kappa shape index (κ1) is 17.4. The lowest BCUT2D eigenvalue weighted by Crippen LogP contribution is -2.13. The number of H-pyrrole nitrogens is 2. The highest BCUT2D eigenvalue weighted by Gasteiger charge is 2.16. The summed E-state index contributed by atoms with van der Waals surface area (Å²) in [5.74, 6) is -0.858. The molecule has 0 atom stereocenters. The molecule has 0 saturated carbocycles. The van der Waals surface area contributed by atoms with Crippen LogP contribution in [0.1, 0.15) is 32.1 Å². The van der Waals surface area contributed by atoms with Crippen molar-refractivity contribution in [2.75, 3.05) is 5.32 Å². The van der Waals surface area contributed by atoms with E-state index >= 15 is 0 Å². The van der Waals surface area contributed by atoms with Gasteiger partial charge in [-0.3, -0.25) is 19.7 Å². The molecular weight excluding hydrogens is 358 g/mol. The van der Waals surface area contributed by atoms with Crippen molar-refractivity contribution in [1.82, 2.24) is 25.1 Å². The van der Waals surface area contributed by atoms with Crippen molar-refractivity contribution in [1.29, 1.82) is 0 Å². The molecule has 0 bridgehead atoms. The van der Waals surface area contributed by atoms with Gasteiger partial charge in [-0.15, -0.1) is 0 Å². The Morgan fingerprint density at radius 2 is 2.00 bits per heavy atom. The number of nitrogens with zero attached hydrogens (tertiary/aromatic N) is 3. The molecule has 0 aliphatic carbocycles. The average Bonchev–Trinajstić information content (AvgIpc) is 3.25. The van der Waals surface area contributed by atoms with Crippen molar-refractivity contribution in [2.24, 2.45) is 5.73 Å². The SMILES string of the molecule is Cc1[nH]nc(C(=O)Nc2cnc3[nH]c(-c4cnccc4C(N)=O)cc3c2)c1C. The van der Waals surface area contributed by atoms with E-state index in [0.717, 1.165) is 16.6 Å². The van der Waals surface area contributed by atoms with Gasteiger partial charge in [0.25, 0.3) is 5.91 Å². The zero-order valence-corrected chi connectivity index (χ0v) is 15.2. The Balaban J connectivity index is 1.67. The minimum atomic E-state index is -0.540. The van der Waals surface area contributed by atoms with Gasteiger partial charge in [0.05, 0.1) is 23.1 Å². The Morgan fingerprint density at radius 3 is 2.71 bits per heavy atom. The maximum absolute atomic E-state index is 12.4. The number of carbonyl (C=O) groups is 2. The minimum Gasteiger partial charge on any atom is -0.366 e. The fraction of sp³-hybridized carbons (Fsp3) is 0.105. The summed E-state index contributed by atoms with van der Waals surface area (Å²) in [7, 11) is 0. The number of pyridine rings is 2. The van der Waals surface area contributed by atoms with E-state index in [2.05, 4.69) is 30.5 Å².